The molecule has 0 amide bonds. The number of aromatic carboxylic acids is 1. The van der Waals surface area contributed by atoms with E-state index < -0.39 is 5.97 Å². The number of nitrogens with zero attached hydrogens (tertiary/aromatic N) is 1. The van der Waals surface area contributed by atoms with Gasteiger partial charge in [-0.05, 0) is 26.0 Å². The van der Waals surface area contributed by atoms with Gasteiger partial charge >= 0.3 is 5.97 Å². The Labute approximate surface area is 95.9 Å². The van der Waals surface area contributed by atoms with Gasteiger partial charge in [0.25, 0.3) is 0 Å². The summed E-state index contributed by atoms with van der Waals surface area (Å²) in [4.78, 5) is 12.9. The van der Waals surface area contributed by atoms with Crippen molar-refractivity contribution in [3.05, 3.63) is 23.7 Å². The molecule has 0 aromatic carbocycles. The smallest absolute Gasteiger partial charge is 0.338 e. The van der Waals surface area contributed by atoms with E-state index in [-0.39, 0.29) is 5.56 Å². The first-order chi connectivity index (χ1) is 7.58. The predicted molar refractivity (Wildman–Crippen MR) is 61.5 cm³/mol. The van der Waals surface area contributed by atoms with E-state index in [1.165, 1.54) is 6.26 Å². The lowest BCUT2D eigenvalue weighted by Gasteiger charge is -2.25. The van der Waals surface area contributed by atoms with Gasteiger partial charge < -0.3 is 9.52 Å². The molecule has 1 aromatic heterocycles. The van der Waals surface area contributed by atoms with E-state index in [4.69, 9.17) is 9.52 Å². The number of rotatable bonds is 6. The lowest BCUT2D eigenvalue weighted by atomic mass is 10.2. The summed E-state index contributed by atoms with van der Waals surface area (Å²) < 4.78 is 5.23. The van der Waals surface area contributed by atoms with E-state index in [1.54, 1.807) is 6.07 Å². The molecule has 0 radical (unpaired) electrons. The Bertz CT molecular complexity index is 346. The highest BCUT2D eigenvalue weighted by molar-refractivity contribution is 5.87. The summed E-state index contributed by atoms with van der Waals surface area (Å²) in [5, 5.41) is 8.77. The van der Waals surface area contributed by atoms with E-state index in [9.17, 15) is 4.79 Å². The van der Waals surface area contributed by atoms with E-state index in [0.29, 0.717) is 18.3 Å². The second-order valence-corrected chi connectivity index (χ2v) is 3.93. The Morgan fingerprint density at radius 1 is 1.56 bits per heavy atom. The van der Waals surface area contributed by atoms with Gasteiger partial charge in [0.05, 0.1) is 12.1 Å². The molecule has 0 aliphatic rings. The van der Waals surface area contributed by atoms with Crippen molar-refractivity contribution in [2.24, 2.45) is 0 Å². The van der Waals surface area contributed by atoms with Gasteiger partial charge in [-0.1, -0.05) is 13.8 Å². The predicted octanol–water partition coefficient (Wildman–Crippen LogP) is 2.60. The molecule has 0 saturated carbocycles. The summed E-state index contributed by atoms with van der Waals surface area (Å²) in [7, 11) is 0. The fourth-order valence-electron chi connectivity index (χ4n) is 1.61. The molecule has 1 N–H and O–H groups in total. The summed E-state index contributed by atoms with van der Waals surface area (Å²) in [6, 6.07) is 2.07. The summed E-state index contributed by atoms with van der Waals surface area (Å²) in [6.07, 6.45) is 2.36. The number of carboxylic acid groups (broad SMARTS) is 1. The largest absolute Gasteiger partial charge is 0.478 e. The minimum atomic E-state index is -0.943. The van der Waals surface area contributed by atoms with Crippen LogP contribution < -0.4 is 0 Å². The van der Waals surface area contributed by atoms with E-state index in [0.717, 1.165) is 13.0 Å². The van der Waals surface area contributed by atoms with E-state index >= 15 is 0 Å². The van der Waals surface area contributed by atoms with Crippen molar-refractivity contribution in [3.8, 4) is 0 Å². The highest BCUT2D eigenvalue weighted by Crippen LogP contribution is 2.13. The van der Waals surface area contributed by atoms with Crippen LogP contribution in [0.5, 0.6) is 0 Å². The third kappa shape index (κ3) is 3.10. The molecule has 0 saturated heterocycles. The molecule has 0 bridgehead atoms. The van der Waals surface area contributed by atoms with Crippen molar-refractivity contribution in [3.63, 3.8) is 0 Å². The second-order valence-electron chi connectivity index (χ2n) is 3.93. The lowest BCUT2D eigenvalue weighted by Crippen LogP contribution is -2.31. The molecule has 4 heteroatoms. The average molecular weight is 225 g/mol. The maximum atomic E-state index is 10.7. The summed E-state index contributed by atoms with van der Waals surface area (Å²) in [5.41, 5.74) is 0.218. The Morgan fingerprint density at radius 2 is 2.25 bits per heavy atom. The Balaban J connectivity index is 2.67. The van der Waals surface area contributed by atoms with Crippen molar-refractivity contribution in [1.82, 2.24) is 4.90 Å². The zero-order valence-corrected chi connectivity index (χ0v) is 10.1. The van der Waals surface area contributed by atoms with E-state index in [2.05, 4.69) is 25.7 Å². The molecule has 0 spiro atoms. The molecule has 1 heterocycles. The number of carboxylic acids is 1. The van der Waals surface area contributed by atoms with Crippen LogP contribution in [-0.2, 0) is 6.54 Å². The van der Waals surface area contributed by atoms with Gasteiger partial charge in [0.15, 0.2) is 0 Å². The SMILES string of the molecule is CCC(C)N(CC)Cc1cc(C(=O)O)co1. The number of furan rings is 1. The molecule has 90 valence electrons. The van der Waals surface area contributed by atoms with Crippen molar-refractivity contribution < 1.29 is 14.3 Å². The standard InChI is InChI=1S/C12H19NO3/c1-4-9(3)13(5-2)7-11-6-10(8-16-11)12(14)15/h6,8-9H,4-5,7H2,1-3H3,(H,14,15). The molecule has 1 rings (SSSR count). The lowest BCUT2D eigenvalue weighted by molar-refractivity contribution is 0.0696. The summed E-state index contributed by atoms with van der Waals surface area (Å²) >= 11 is 0. The van der Waals surface area contributed by atoms with Gasteiger partial charge in [-0.15, -0.1) is 0 Å². The minimum absolute atomic E-state index is 0.218. The molecule has 0 aliphatic carbocycles. The van der Waals surface area contributed by atoms with E-state index in [1.807, 2.05) is 0 Å². The Kier molecular flexibility index (Phi) is 4.55. The Hall–Kier alpha value is -1.29. The maximum absolute atomic E-state index is 10.7. The molecule has 0 aliphatic heterocycles. The van der Waals surface area contributed by atoms with Crippen LogP contribution in [0, 0.1) is 0 Å². The first-order valence-electron chi connectivity index (χ1n) is 5.63. The summed E-state index contributed by atoms with van der Waals surface area (Å²) in [6.45, 7) is 7.98. The zero-order chi connectivity index (χ0) is 12.1. The summed E-state index contributed by atoms with van der Waals surface area (Å²) in [5.74, 6) is -0.235. The molecule has 1 aromatic rings. The third-order valence-corrected chi connectivity index (χ3v) is 2.88. The molecule has 1 unspecified atom stereocenters. The van der Waals surface area contributed by atoms with Crippen LogP contribution in [0.15, 0.2) is 16.7 Å². The van der Waals surface area contributed by atoms with Crippen molar-refractivity contribution in [1.29, 1.82) is 0 Å². The Morgan fingerprint density at radius 3 is 2.69 bits per heavy atom. The average Bonchev–Trinajstić information content (AvgIpc) is 2.73. The molecular formula is C12H19NO3. The van der Waals surface area contributed by atoms with Crippen LogP contribution in [0.25, 0.3) is 0 Å². The highest BCUT2D eigenvalue weighted by atomic mass is 16.4. The molecule has 1 atom stereocenters. The topological polar surface area (TPSA) is 53.7 Å². The fourth-order valence-corrected chi connectivity index (χ4v) is 1.61. The van der Waals surface area contributed by atoms with Crippen LogP contribution in [0.1, 0.15) is 43.3 Å². The van der Waals surface area contributed by atoms with Crippen LogP contribution in [-0.4, -0.2) is 28.6 Å². The van der Waals surface area contributed by atoms with Crippen molar-refractivity contribution >= 4 is 5.97 Å². The molecule has 16 heavy (non-hydrogen) atoms. The van der Waals surface area contributed by atoms with Crippen molar-refractivity contribution in [2.75, 3.05) is 6.54 Å². The third-order valence-electron chi connectivity index (χ3n) is 2.88. The maximum Gasteiger partial charge on any atom is 0.338 e. The first-order valence-corrected chi connectivity index (χ1v) is 5.63. The zero-order valence-electron chi connectivity index (χ0n) is 10.1. The monoisotopic (exact) mass is 225 g/mol. The number of hydrogen-bond acceptors (Lipinski definition) is 3. The molecule has 4 nitrogen and oxygen atoms in total. The highest BCUT2D eigenvalue weighted by Gasteiger charge is 2.14. The van der Waals surface area contributed by atoms with Gasteiger partial charge in [0, 0.05) is 6.04 Å². The van der Waals surface area contributed by atoms with Crippen molar-refractivity contribution in [2.45, 2.75) is 39.8 Å². The minimum Gasteiger partial charge on any atom is -0.478 e. The number of hydrogen-bond donors (Lipinski definition) is 1. The number of carbonyl (C=O) groups is 1. The van der Waals surface area contributed by atoms with Crippen LogP contribution in [0.3, 0.4) is 0 Å². The van der Waals surface area contributed by atoms with Crippen LogP contribution >= 0.6 is 0 Å². The van der Waals surface area contributed by atoms with Gasteiger partial charge in [0.1, 0.15) is 12.0 Å². The molecule has 0 fully saturated rings. The van der Waals surface area contributed by atoms with Crippen LogP contribution in [0.2, 0.25) is 0 Å². The van der Waals surface area contributed by atoms with Gasteiger partial charge in [-0.2, -0.15) is 0 Å². The molecular weight excluding hydrogens is 206 g/mol. The van der Waals surface area contributed by atoms with Gasteiger partial charge in [0.2, 0.25) is 0 Å². The first kappa shape index (κ1) is 12.8. The fraction of sp³-hybridized carbons (Fsp3) is 0.583. The quantitative estimate of drug-likeness (QED) is 0.808. The van der Waals surface area contributed by atoms with Gasteiger partial charge in [-0.25, -0.2) is 4.79 Å². The van der Waals surface area contributed by atoms with Gasteiger partial charge in [-0.3, -0.25) is 4.90 Å². The second kappa shape index (κ2) is 5.70. The normalized spacial score (nSPS) is 13.0. The van der Waals surface area contributed by atoms with Crippen LogP contribution in [0.4, 0.5) is 0 Å².